The molecule has 2 rings (SSSR count). The van der Waals surface area contributed by atoms with E-state index in [1.54, 1.807) is 38.3 Å². The number of anilines is 1. The Hall–Kier alpha value is -3.38. The summed E-state index contributed by atoms with van der Waals surface area (Å²) in [5.74, 6) is 0.180. The van der Waals surface area contributed by atoms with Crippen LogP contribution in [0.25, 0.3) is 5.57 Å². The van der Waals surface area contributed by atoms with Gasteiger partial charge in [-0.15, -0.1) is 4.91 Å². The zero-order valence-electron chi connectivity index (χ0n) is 20.0. The summed E-state index contributed by atoms with van der Waals surface area (Å²) < 4.78 is 19.6. The van der Waals surface area contributed by atoms with E-state index in [0.717, 1.165) is 16.8 Å². The number of halogens is 2. The van der Waals surface area contributed by atoms with E-state index in [0.29, 0.717) is 17.9 Å². The number of allylic oxidation sites excluding steroid dienone is 4. The summed E-state index contributed by atoms with van der Waals surface area (Å²) >= 11 is 6.20. The molecule has 0 fully saturated rings. The van der Waals surface area contributed by atoms with Crippen LogP contribution >= 0.6 is 11.6 Å². The van der Waals surface area contributed by atoms with Crippen LogP contribution in [0, 0.1) is 10.7 Å². The zero-order valence-corrected chi connectivity index (χ0v) is 20.8. The molecule has 5 nitrogen and oxygen atoms in total. The number of hydrogen-bond donors (Lipinski definition) is 1. The first kappa shape index (κ1) is 26.9. The van der Waals surface area contributed by atoms with E-state index in [4.69, 9.17) is 22.1 Å². The number of nitroso groups, excluding NO2 is 1. The fraction of sp³-hybridized carbons (Fsp3) is 0.259. The second-order valence-electron chi connectivity index (χ2n) is 8.05. The fourth-order valence-electron chi connectivity index (χ4n) is 3.10. The fourth-order valence-corrected chi connectivity index (χ4v) is 3.29. The van der Waals surface area contributed by atoms with Crippen LogP contribution in [0.5, 0.6) is 0 Å². The Labute approximate surface area is 206 Å². The monoisotopic (exact) mass is 483 g/mol. The van der Waals surface area contributed by atoms with E-state index in [9.17, 15) is 9.30 Å². The van der Waals surface area contributed by atoms with E-state index in [1.165, 1.54) is 6.07 Å². The van der Waals surface area contributed by atoms with Gasteiger partial charge in [-0.2, -0.15) is 0 Å². The lowest BCUT2D eigenvalue weighted by Crippen LogP contribution is -2.29. The molecule has 0 aliphatic carbocycles. The average Bonchev–Trinajstić information content (AvgIpc) is 2.84. The highest BCUT2D eigenvalue weighted by molar-refractivity contribution is 6.31. The molecule has 0 bridgehead atoms. The Balaban J connectivity index is 2.48. The van der Waals surface area contributed by atoms with Crippen molar-refractivity contribution in [3.8, 4) is 0 Å². The van der Waals surface area contributed by atoms with Crippen LogP contribution < -0.4 is 10.6 Å². The van der Waals surface area contributed by atoms with Crippen molar-refractivity contribution in [1.82, 2.24) is 0 Å². The molecule has 0 spiro atoms. The molecule has 2 aromatic rings. The van der Waals surface area contributed by atoms with Crippen molar-refractivity contribution in [1.29, 1.82) is 0 Å². The van der Waals surface area contributed by atoms with E-state index >= 15 is 0 Å². The Morgan fingerprint density at radius 1 is 1.26 bits per heavy atom. The van der Waals surface area contributed by atoms with Crippen molar-refractivity contribution in [3.05, 3.63) is 112 Å². The topological polar surface area (TPSA) is 67.9 Å². The molecule has 7 heteroatoms. The Morgan fingerprint density at radius 3 is 2.50 bits per heavy atom. The number of rotatable bonds is 11. The molecular formula is C27H31ClFN3O2. The predicted molar refractivity (Wildman–Crippen MR) is 140 cm³/mol. The van der Waals surface area contributed by atoms with Crippen LogP contribution in [0.1, 0.15) is 38.8 Å². The van der Waals surface area contributed by atoms with Crippen molar-refractivity contribution >= 4 is 22.9 Å². The summed E-state index contributed by atoms with van der Waals surface area (Å²) in [4.78, 5) is 13.1. The molecule has 0 aliphatic rings. The van der Waals surface area contributed by atoms with Gasteiger partial charge in [-0.1, -0.05) is 53.7 Å². The van der Waals surface area contributed by atoms with Crippen LogP contribution in [0.15, 0.2) is 90.1 Å². The standard InChI is InChI=1S/C27H31ClFN3O2/c1-6-19(16-23(7-2)34-8-3)20-12-14-22(15-13-20)32(18-25(30)27(4,5)31-33)17-21-10-9-11-24(29)26(21)28/h6-7,9-16,18H,2,8,17,30H2,1,3-5H3/b19-6+,23-16+,25-18-. The van der Waals surface area contributed by atoms with Crippen molar-refractivity contribution in [2.75, 3.05) is 11.5 Å². The van der Waals surface area contributed by atoms with Gasteiger partial charge >= 0.3 is 0 Å². The largest absolute Gasteiger partial charge is 0.494 e. The van der Waals surface area contributed by atoms with Gasteiger partial charge in [-0.25, -0.2) is 4.39 Å². The normalized spacial score (nSPS) is 12.9. The third-order valence-electron chi connectivity index (χ3n) is 5.26. The third kappa shape index (κ3) is 6.81. The highest BCUT2D eigenvalue weighted by Crippen LogP contribution is 2.28. The first-order valence-corrected chi connectivity index (χ1v) is 11.3. The van der Waals surface area contributed by atoms with Crippen LogP contribution in [0.2, 0.25) is 5.02 Å². The molecule has 0 amide bonds. The Kier molecular flexibility index (Phi) is 9.63. The maximum Gasteiger partial charge on any atom is 0.142 e. The van der Waals surface area contributed by atoms with Crippen molar-refractivity contribution < 1.29 is 9.13 Å². The maximum absolute atomic E-state index is 14.0. The Morgan fingerprint density at radius 2 is 1.94 bits per heavy atom. The molecule has 0 aliphatic heterocycles. The lowest BCUT2D eigenvalue weighted by molar-refractivity contribution is 0.243. The number of nitrogens with zero attached hydrogens (tertiary/aromatic N) is 2. The molecule has 0 saturated carbocycles. The minimum atomic E-state index is -1.10. The van der Waals surface area contributed by atoms with Gasteiger partial charge in [-0.3, -0.25) is 0 Å². The summed E-state index contributed by atoms with van der Waals surface area (Å²) in [5.41, 5.74) is 8.66. The van der Waals surface area contributed by atoms with Crippen LogP contribution in [-0.4, -0.2) is 12.1 Å². The van der Waals surface area contributed by atoms with Gasteiger partial charge in [0.1, 0.15) is 17.1 Å². The van der Waals surface area contributed by atoms with Gasteiger partial charge in [0, 0.05) is 18.4 Å². The number of hydrogen-bond acceptors (Lipinski definition) is 5. The number of benzene rings is 2. The predicted octanol–water partition coefficient (Wildman–Crippen LogP) is 7.34. The molecule has 180 valence electrons. The molecule has 0 radical (unpaired) electrons. The smallest absolute Gasteiger partial charge is 0.142 e. The van der Waals surface area contributed by atoms with Gasteiger partial charge in [0.05, 0.1) is 17.3 Å². The summed E-state index contributed by atoms with van der Waals surface area (Å²) in [5, 5.41) is 3.15. The minimum absolute atomic E-state index is 0.0399. The third-order valence-corrected chi connectivity index (χ3v) is 5.68. The second-order valence-corrected chi connectivity index (χ2v) is 8.43. The molecule has 0 heterocycles. The van der Waals surface area contributed by atoms with Crippen molar-refractivity contribution in [2.24, 2.45) is 10.9 Å². The van der Waals surface area contributed by atoms with Gasteiger partial charge in [0.2, 0.25) is 0 Å². The van der Waals surface area contributed by atoms with Crippen LogP contribution in [0.4, 0.5) is 10.1 Å². The van der Waals surface area contributed by atoms with Gasteiger partial charge in [0.25, 0.3) is 0 Å². The molecule has 2 N–H and O–H groups in total. The minimum Gasteiger partial charge on any atom is -0.494 e. The van der Waals surface area contributed by atoms with Gasteiger partial charge in [0.15, 0.2) is 0 Å². The SMILES string of the molecule is C=C/C(=C\C(=C/C)c1ccc(N(/C=C(\N)C(C)(C)N=O)Cc2cccc(F)c2Cl)cc1)OCC. The van der Waals surface area contributed by atoms with E-state index in [-0.39, 0.29) is 17.3 Å². The summed E-state index contributed by atoms with van der Waals surface area (Å²) in [6.45, 7) is 11.7. The van der Waals surface area contributed by atoms with Gasteiger partial charge < -0.3 is 15.4 Å². The summed E-state index contributed by atoms with van der Waals surface area (Å²) in [6, 6.07) is 12.4. The molecule has 0 saturated heterocycles. The molecule has 0 unspecified atom stereocenters. The molecular weight excluding hydrogens is 453 g/mol. The van der Waals surface area contributed by atoms with Gasteiger partial charge in [-0.05, 0) is 74.7 Å². The van der Waals surface area contributed by atoms with E-state index < -0.39 is 11.4 Å². The first-order chi connectivity index (χ1) is 16.2. The first-order valence-electron chi connectivity index (χ1n) is 10.9. The second kappa shape index (κ2) is 12.2. The van der Waals surface area contributed by atoms with Crippen LogP contribution in [0.3, 0.4) is 0 Å². The number of ether oxygens (including phenoxy) is 1. The lowest BCUT2D eigenvalue weighted by atomic mass is 10.0. The average molecular weight is 484 g/mol. The summed E-state index contributed by atoms with van der Waals surface area (Å²) in [6.07, 6.45) is 7.21. The maximum atomic E-state index is 14.0. The highest BCUT2D eigenvalue weighted by Gasteiger charge is 2.23. The lowest BCUT2D eigenvalue weighted by Gasteiger charge is -2.25. The van der Waals surface area contributed by atoms with Crippen LogP contribution in [-0.2, 0) is 11.3 Å². The number of nitrogens with two attached hydrogens (primary N) is 1. The Bertz CT molecular complexity index is 1110. The van der Waals surface area contributed by atoms with E-state index in [2.05, 4.69) is 11.8 Å². The molecule has 0 aromatic heterocycles. The quantitative estimate of drug-likeness (QED) is 0.206. The zero-order chi connectivity index (χ0) is 25.3. The molecule has 2 aromatic carbocycles. The molecule has 0 atom stereocenters. The van der Waals surface area contributed by atoms with Crippen molar-refractivity contribution in [2.45, 2.75) is 39.8 Å². The highest BCUT2D eigenvalue weighted by atomic mass is 35.5. The van der Waals surface area contributed by atoms with Crippen molar-refractivity contribution in [3.63, 3.8) is 0 Å². The summed E-state index contributed by atoms with van der Waals surface area (Å²) in [7, 11) is 0. The molecule has 34 heavy (non-hydrogen) atoms. The van der Waals surface area contributed by atoms with E-state index in [1.807, 2.05) is 55.2 Å².